The van der Waals surface area contributed by atoms with E-state index in [1.807, 2.05) is 17.5 Å². The van der Waals surface area contributed by atoms with Crippen LogP contribution in [-0.2, 0) is 19.5 Å². The van der Waals surface area contributed by atoms with Gasteiger partial charge in [0.2, 0.25) is 0 Å². The summed E-state index contributed by atoms with van der Waals surface area (Å²) in [7, 11) is 2.22. The van der Waals surface area contributed by atoms with Gasteiger partial charge in [0, 0.05) is 43.3 Å². The third kappa shape index (κ3) is 2.94. The van der Waals surface area contributed by atoms with Crippen molar-refractivity contribution in [1.29, 1.82) is 0 Å². The summed E-state index contributed by atoms with van der Waals surface area (Å²) in [5, 5.41) is 1.17. The molecule has 3 rings (SSSR count). The Hall–Kier alpha value is -1.20. The molecule has 0 bridgehead atoms. The molecule has 0 saturated heterocycles. The quantitative estimate of drug-likeness (QED) is 0.868. The van der Waals surface area contributed by atoms with E-state index >= 15 is 0 Å². The number of hydrogen-bond donors (Lipinski definition) is 0. The molecule has 0 radical (unpaired) electrons. The van der Waals surface area contributed by atoms with Gasteiger partial charge in [0.1, 0.15) is 5.82 Å². The Kier molecular flexibility index (Phi) is 3.89. The van der Waals surface area contributed by atoms with Gasteiger partial charge in [-0.3, -0.25) is 0 Å². The molecular weight excluding hydrogens is 268 g/mol. The molecule has 1 aliphatic rings. The number of thiazole rings is 1. The van der Waals surface area contributed by atoms with Gasteiger partial charge in [0.05, 0.1) is 10.7 Å². The molecule has 0 amide bonds. The zero-order valence-electron chi connectivity index (χ0n) is 12.5. The SMILES string of the molecule is Cc1nc(C)c(CN(C)C[C@@H]2CCc3nccn3C2)s1. The fourth-order valence-electron chi connectivity index (χ4n) is 3.06. The van der Waals surface area contributed by atoms with E-state index < -0.39 is 0 Å². The lowest BCUT2D eigenvalue weighted by atomic mass is 9.99. The van der Waals surface area contributed by atoms with E-state index in [1.165, 1.54) is 27.8 Å². The molecule has 20 heavy (non-hydrogen) atoms. The maximum atomic E-state index is 4.51. The van der Waals surface area contributed by atoms with Crippen LogP contribution < -0.4 is 0 Å². The topological polar surface area (TPSA) is 34.0 Å². The Morgan fingerprint density at radius 2 is 2.30 bits per heavy atom. The van der Waals surface area contributed by atoms with Crippen LogP contribution in [0.4, 0.5) is 0 Å². The molecule has 0 spiro atoms. The van der Waals surface area contributed by atoms with Crippen molar-refractivity contribution >= 4 is 11.3 Å². The molecule has 0 aromatic carbocycles. The van der Waals surface area contributed by atoms with Gasteiger partial charge in [-0.15, -0.1) is 11.3 Å². The predicted molar refractivity (Wildman–Crippen MR) is 82.0 cm³/mol. The summed E-state index contributed by atoms with van der Waals surface area (Å²) >= 11 is 1.83. The van der Waals surface area contributed by atoms with Crippen molar-refractivity contribution in [2.45, 2.75) is 39.8 Å². The molecule has 0 aliphatic carbocycles. The fourth-order valence-corrected chi connectivity index (χ4v) is 4.07. The first-order valence-corrected chi connectivity index (χ1v) is 8.05. The largest absolute Gasteiger partial charge is 0.335 e. The van der Waals surface area contributed by atoms with Crippen LogP contribution in [0.25, 0.3) is 0 Å². The Balaban J connectivity index is 1.57. The summed E-state index contributed by atoms with van der Waals surface area (Å²) in [6.07, 6.45) is 6.40. The van der Waals surface area contributed by atoms with E-state index in [-0.39, 0.29) is 0 Å². The van der Waals surface area contributed by atoms with Crippen molar-refractivity contribution in [3.63, 3.8) is 0 Å². The first-order valence-electron chi connectivity index (χ1n) is 7.23. The zero-order valence-corrected chi connectivity index (χ0v) is 13.3. The monoisotopic (exact) mass is 290 g/mol. The summed E-state index contributed by atoms with van der Waals surface area (Å²) < 4.78 is 2.31. The number of hydrogen-bond acceptors (Lipinski definition) is 4. The van der Waals surface area contributed by atoms with Crippen molar-refractivity contribution in [3.8, 4) is 0 Å². The number of nitrogens with zero attached hydrogens (tertiary/aromatic N) is 4. The number of imidazole rings is 1. The van der Waals surface area contributed by atoms with Crippen LogP contribution in [0.3, 0.4) is 0 Å². The summed E-state index contributed by atoms with van der Waals surface area (Å²) in [6.45, 7) is 7.48. The molecule has 0 unspecified atom stereocenters. The van der Waals surface area contributed by atoms with Crippen molar-refractivity contribution in [3.05, 3.63) is 33.8 Å². The van der Waals surface area contributed by atoms with Crippen LogP contribution in [-0.4, -0.2) is 33.0 Å². The molecule has 1 aliphatic heterocycles. The van der Waals surface area contributed by atoms with Gasteiger partial charge >= 0.3 is 0 Å². The lowest BCUT2D eigenvalue weighted by Crippen LogP contribution is -2.31. The minimum atomic E-state index is 0.732. The smallest absolute Gasteiger partial charge is 0.108 e. The molecule has 3 heterocycles. The maximum Gasteiger partial charge on any atom is 0.108 e. The highest BCUT2D eigenvalue weighted by atomic mass is 32.1. The summed E-state index contributed by atoms with van der Waals surface area (Å²) in [5.74, 6) is 1.98. The second-order valence-corrected chi connectivity index (χ2v) is 7.13. The highest BCUT2D eigenvalue weighted by molar-refractivity contribution is 7.11. The number of rotatable bonds is 4. The molecule has 2 aromatic heterocycles. The van der Waals surface area contributed by atoms with E-state index in [4.69, 9.17) is 0 Å². The molecule has 108 valence electrons. The van der Waals surface area contributed by atoms with Crippen molar-refractivity contribution < 1.29 is 0 Å². The van der Waals surface area contributed by atoms with Crippen molar-refractivity contribution in [1.82, 2.24) is 19.4 Å². The summed E-state index contributed by atoms with van der Waals surface area (Å²) in [5.41, 5.74) is 1.19. The number of aromatic nitrogens is 3. The summed E-state index contributed by atoms with van der Waals surface area (Å²) in [4.78, 5) is 12.8. The lowest BCUT2D eigenvalue weighted by molar-refractivity contribution is 0.230. The van der Waals surface area contributed by atoms with Crippen LogP contribution >= 0.6 is 11.3 Å². The zero-order chi connectivity index (χ0) is 14.1. The van der Waals surface area contributed by atoms with E-state index in [2.05, 4.69) is 46.5 Å². The first kappa shape index (κ1) is 13.8. The normalized spacial score (nSPS) is 18.5. The van der Waals surface area contributed by atoms with Crippen LogP contribution in [0, 0.1) is 19.8 Å². The van der Waals surface area contributed by atoms with Crippen LogP contribution in [0.1, 0.15) is 27.8 Å². The Labute approximate surface area is 124 Å². The minimum Gasteiger partial charge on any atom is -0.335 e. The van der Waals surface area contributed by atoms with Gasteiger partial charge in [-0.1, -0.05) is 0 Å². The molecule has 4 nitrogen and oxygen atoms in total. The standard InChI is InChI=1S/C15H22N4S/c1-11-14(20-12(2)17-11)10-18(3)8-13-4-5-15-16-6-7-19(15)9-13/h6-7,13H,4-5,8-10H2,1-3H3/t13-/m0/s1. The first-order chi connectivity index (χ1) is 9.61. The highest BCUT2D eigenvalue weighted by Crippen LogP contribution is 2.22. The predicted octanol–water partition coefficient (Wildman–Crippen LogP) is 2.65. The maximum absolute atomic E-state index is 4.51. The molecule has 0 fully saturated rings. The Bertz CT molecular complexity index is 586. The van der Waals surface area contributed by atoms with Crippen LogP contribution in [0.5, 0.6) is 0 Å². The van der Waals surface area contributed by atoms with Gasteiger partial charge in [-0.05, 0) is 33.2 Å². The molecule has 1 atom stereocenters. The Morgan fingerprint density at radius 3 is 3.05 bits per heavy atom. The van der Waals surface area contributed by atoms with Gasteiger partial charge in [0.15, 0.2) is 0 Å². The highest BCUT2D eigenvalue weighted by Gasteiger charge is 2.20. The average molecular weight is 290 g/mol. The third-order valence-electron chi connectivity index (χ3n) is 4.02. The second kappa shape index (κ2) is 5.66. The summed E-state index contributed by atoms with van der Waals surface area (Å²) in [6, 6.07) is 0. The molecule has 0 saturated carbocycles. The van der Waals surface area contributed by atoms with Crippen molar-refractivity contribution in [2.75, 3.05) is 13.6 Å². The second-order valence-electron chi connectivity index (χ2n) is 5.84. The third-order valence-corrected chi connectivity index (χ3v) is 5.07. The molecule has 0 N–H and O–H groups in total. The van der Waals surface area contributed by atoms with Crippen molar-refractivity contribution in [2.24, 2.45) is 5.92 Å². The minimum absolute atomic E-state index is 0.732. The van der Waals surface area contributed by atoms with E-state index in [1.54, 1.807) is 0 Å². The van der Waals surface area contributed by atoms with Gasteiger partial charge in [-0.2, -0.15) is 0 Å². The average Bonchev–Trinajstić information content (AvgIpc) is 2.96. The van der Waals surface area contributed by atoms with E-state index in [0.717, 1.165) is 32.0 Å². The van der Waals surface area contributed by atoms with E-state index in [0.29, 0.717) is 0 Å². The van der Waals surface area contributed by atoms with Crippen LogP contribution in [0.2, 0.25) is 0 Å². The lowest BCUT2D eigenvalue weighted by Gasteiger charge is -2.28. The fraction of sp³-hybridized carbons (Fsp3) is 0.600. The molecular formula is C15H22N4S. The van der Waals surface area contributed by atoms with Gasteiger partial charge in [0.25, 0.3) is 0 Å². The number of aryl methyl sites for hydroxylation is 3. The van der Waals surface area contributed by atoms with E-state index in [9.17, 15) is 0 Å². The van der Waals surface area contributed by atoms with Gasteiger partial charge in [-0.25, -0.2) is 9.97 Å². The Morgan fingerprint density at radius 1 is 1.45 bits per heavy atom. The molecule has 2 aromatic rings. The number of fused-ring (bicyclic) bond motifs is 1. The van der Waals surface area contributed by atoms with Crippen LogP contribution in [0.15, 0.2) is 12.4 Å². The van der Waals surface area contributed by atoms with Gasteiger partial charge < -0.3 is 9.47 Å². The molecule has 5 heteroatoms.